The summed E-state index contributed by atoms with van der Waals surface area (Å²) in [6, 6.07) is 13.1. The number of aryl methyl sites for hydroxylation is 1. The molecule has 2 aromatic carbocycles. The van der Waals surface area contributed by atoms with Crippen LogP contribution in [-0.4, -0.2) is 82.8 Å². The van der Waals surface area contributed by atoms with Crippen molar-refractivity contribution in [2.75, 3.05) is 40.3 Å². The van der Waals surface area contributed by atoms with Gasteiger partial charge < -0.3 is 30.2 Å². The fourth-order valence-electron chi connectivity index (χ4n) is 5.20. The highest BCUT2D eigenvalue weighted by Crippen LogP contribution is 2.32. The normalized spacial score (nSPS) is 14.5. The minimum Gasteiger partial charge on any atom is -0.453 e. The molecule has 0 bridgehead atoms. The third-order valence-corrected chi connectivity index (χ3v) is 7.27. The first kappa shape index (κ1) is 28.3. The van der Waals surface area contributed by atoms with Gasteiger partial charge in [-0.05, 0) is 74.5 Å². The molecular weight excluding hydrogens is 523 g/mol. The summed E-state index contributed by atoms with van der Waals surface area (Å²) in [5, 5.41) is 0.795. The molecule has 10 heteroatoms. The van der Waals surface area contributed by atoms with Gasteiger partial charge in [0.05, 0.1) is 11.4 Å². The lowest BCUT2D eigenvalue weighted by Crippen LogP contribution is -2.54. The van der Waals surface area contributed by atoms with Gasteiger partial charge in [-0.1, -0.05) is 18.2 Å². The van der Waals surface area contributed by atoms with E-state index in [1.54, 1.807) is 34.2 Å². The van der Waals surface area contributed by atoms with Crippen LogP contribution >= 0.6 is 0 Å². The van der Waals surface area contributed by atoms with Crippen LogP contribution in [0.5, 0.6) is 11.5 Å². The molecule has 3 N–H and O–H groups in total. The van der Waals surface area contributed by atoms with Gasteiger partial charge in [-0.2, -0.15) is 0 Å². The molecule has 214 valence electrons. The fraction of sp³-hybridized carbons (Fsp3) is 0.323. The molecule has 0 unspecified atom stereocenters. The Morgan fingerprint density at radius 1 is 1.05 bits per heavy atom. The summed E-state index contributed by atoms with van der Waals surface area (Å²) in [7, 11) is 3.97. The zero-order valence-corrected chi connectivity index (χ0v) is 23.6. The number of hydrogen-bond donors (Lipinski definition) is 2. The first-order valence-electron chi connectivity index (χ1n) is 13.7. The van der Waals surface area contributed by atoms with Gasteiger partial charge in [0.15, 0.2) is 11.6 Å². The molecule has 5 rings (SSSR count). The van der Waals surface area contributed by atoms with E-state index in [-0.39, 0.29) is 24.0 Å². The topological polar surface area (TPSA) is 108 Å². The van der Waals surface area contributed by atoms with E-state index in [9.17, 15) is 14.0 Å². The second kappa shape index (κ2) is 12.1. The summed E-state index contributed by atoms with van der Waals surface area (Å²) in [4.78, 5) is 39.0. The van der Waals surface area contributed by atoms with Crippen molar-refractivity contribution in [1.29, 1.82) is 0 Å². The number of carbonyl (C=O) groups excluding carboxylic acids is 2. The lowest BCUT2D eigenvalue weighted by molar-refractivity contribution is -0.134. The van der Waals surface area contributed by atoms with Gasteiger partial charge in [0.2, 0.25) is 5.91 Å². The smallest absolute Gasteiger partial charge is 0.253 e. The maximum Gasteiger partial charge on any atom is 0.253 e. The fourth-order valence-corrected chi connectivity index (χ4v) is 5.20. The molecule has 0 radical (unpaired) electrons. The molecule has 1 aliphatic heterocycles. The summed E-state index contributed by atoms with van der Waals surface area (Å²) in [5.74, 6) is -0.213. The largest absolute Gasteiger partial charge is 0.453 e. The van der Waals surface area contributed by atoms with Crippen molar-refractivity contribution >= 4 is 22.8 Å². The second-order valence-corrected chi connectivity index (χ2v) is 10.7. The minimum atomic E-state index is -0.825. The van der Waals surface area contributed by atoms with Crippen molar-refractivity contribution in [2.45, 2.75) is 25.9 Å². The highest BCUT2D eigenvalue weighted by atomic mass is 19.1. The number of ether oxygens (including phenoxy) is 1. The van der Waals surface area contributed by atoms with Crippen LogP contribution in [0.4, 0.5) is 4.39 Å². The molecule has 2 amide bonds. The Bertz CT molecular complexity index is 1560. The van der Waals surface area contributed by atoms with E-state index in [2.05, 4.69) is 14.9 Å². The quantitative estimate of drug-likeness (QED) is 0.341. The summed E-state index contributed by atoms with van der Waals surface area (Å²) < 4.78 is 20.9. The van der Waals surface area contributed by atoms with Crippen molar-refractivity contribution < 1.29 is 18.7 Å². The Hall–Kier alpha value is -4.28. The average molecular weight is 559 g/mol. The third kappa shape index (κ3) is 6.39. The first-order chi connectivity index (χ1) is 19.7. The Balaban J connectivity index is 1.16. The van der Waals surface area contributed by atoms with Crippen molar-refractivity contribution in [3.05, 3.63) is 89.0 Å². The van der Waals surface area contributed by atoms with Crippen LogP contribution in [-0.2, 0) is 17.8 Å². The molecular formula is C31H35FN6O3. The van der Waals surface area contributed by atoms with Gasteiger partial charge in [0.1, 0.15) is 11.4 Å². The van der Waals surface area contributed by atoms with Crippen LogP contribution in [0.25, 0.3) is 11.0 Å². The van der Waals surface area contributed by atoms with E-state index in [4.69, 9.17) is 10.5 Å². The number of pyridine rings is 1. The number of piperazine rings is 1. The summed E-state index contributed by atoms with van der Waals surface area (Å²) in [6.07, 6.45) is 3.61. The minimum absolute atomic E-state index is 0.0426. The number of benzene rings is 2. The maximum absolute atomic E-state index is 15.0. The zero-order valence-electron chi connectivity index (χ0n) is 23.6. The van der Waals surface area contributed by atoms with Crippen molar-refractivity contribution in [3.63, 3.8) is 0 Å². The number of hydrogen-bond acceptors (Lipinski definition) is 6. The lowest BCUT2D eigenvalue weighted by atomic mass is 10.0. The number of H-pyrrole nitrogens is 1. The molecule has 1 fully saturated rings. The average Bonchev–Trinajstić information content (AvgIpc) is 3.35. The molecule has 3 heterocycles. The molecule has 0 saturated carbocycles. The van der Waals surface area contributed by atoms with Crippen molar-refractivity contribution in [1.82, 2.24) is 24.7 Å². The lowest BCUT2D eigenvalue weighted by Gasteiger charge is -2.36. The predicted octanol–water partition coefficient (Wildman–Crippen LogP) is 3.72. The van der Waals surface area contributed by atoms with Crippen LogP contribution in [0.1, 0.15) is 27.0 Å². The summed E-state index contributed by atoms with van der Waals surface area (Å²) >= 11 is 0. The highest BCUT2D eigenvalue weighted by molar-refractivity contribution is 5.94. The monoisotopic (exact) mass is 558 g/mol. The number of nitrogens with zero attached hydrogens (tertiary/aromatic N) is 4. The number of rotatable bonds is 8. The van der Waals surface area contributed by atoms with Crippen LogP contribution in [0, 0.1) is 12.7 Å². The Morgan fingerprint density at radius 3 is 2.54 bits per heavy atom. The SMILES string of the molecule is Cc1c[nH]c2nccc(Oc3ccc(C[C@H](N)C(=O)N4CCN(C(=O)c5cccc(CN(C)C)c5)CC4)cc3F)c12. The van der Waals surface area contributed by atoms with Gasteiger partial charge in [0.25, 0.3) is 5.91 Å². The van der Waals surface area contributed by atoms with Crippen molar-refractivity contribution in [3.8, 4) is 11.5 Å². The molecule has 4 aromatic rings. The number of fused-ring (bicyclic) bond motifs is 1. The van der Waals surface area contributed by atoms with E-state index in [0.717, 1.165) is 23.1 Å². The Labute approximate surface area is 238 Å². The molecule has 0 spiro atoms. The van der Waals surface area contributed by atoms with Gasteiger partial charge in [-0.3, -0.25) is 9.59 Å². The van der Waals surface area contributed by atoms with E-state index in [1.807, 2.05) is 51.5 Å². The number of halogens is 1. The first-order valence-corrected chi connectivity index (χ1v) is 13.7. The van der Waals surface area contributed by atoms with E-state index in [0.29, 0.717) is 48.7 Å². The highest BCUT2D eigenvalue weighted by Gasteiger charge is 2.28. The van der Waals surface area contributed by atoms with Gasteiger partial charge in [-0.25, -0.2) is 9.37 Å². The van der Waals surface area contributed by atoms with Gasteiger partial charge >= 0.3 is 0 Å². The molecule has 41 heavy (non-hydrogen) atoms. The predicted molar refractivity (Wildman–Crippen MR) is 155 cm³/mol. The van der Waals surface area contributed by atoms with Gasteiger partial charge in [-0.15, -0.1) is 0 Å². The zero-order chi connectivity index (χ0) is 29.1. The standard InChI is InChI=1S/C31H35FN6O3/c1-20-18-35-29-28(20)27(9-10-34-29)41-26-8-7-21(16-24(26)32)17-25(33)31(40)38-13-11-37(12-14-38)30(39)23-6-4-5-22(15-23)19-36(2)3/h4-10,15-16,18,25H,11-14,17,19,33H2,1-3H3,(H,34,35)/t25-/m0/s1. The molecule has 9 nitrogen and oxygen atoms in total. The van der Waals surface area contributed by atoms with Crippen LogP contribution in [0.15, 0.2) is 60.9 Å². The van der Waals surface area contributed by atoms with E-state index < -0.39 is 11.9 Å². The molecule has 0 aliphatic carbocycles. The van der Waals surface area contributed by atoms with Crippen molar-refractivity contribution in [2.24, 2.45) is 5.73 Å². The number of amides is 2. The van der Waals surface area contributed by atoms with E-state index >= 15 is 0 Å². The second-order valence-electron chi connectivity index (χ2n) is 10.7. The molecule has 1 atom stereocenters. The van der Waals surface area contributed by atoms with Crippen LogP contribution < -0.4 is 10.5 Å². The van der Waals surface area contributed by atoms with E-state index in [1.165, 1.54) is 6.07 Å². The van der Waals surface area contributed by atoms with Gasteiger partial charge in [0, 0.05) is 50.7 Å². The number of aromatic amines is 1. The number of carbonyl (C=O) groups is 2. The van der Waals surface area contributed by atoms with Crippen LogP contribution in [0.3, 0.4) is 0 Å². The molecule has 1 saturated heterocycles. The molecule has 2 aromatic heterocycles. The van der Waals surface area contributed by atoms with Crippen LogP contribution in [0.2, 0.25) is 0 Å². The third-order valence-electron chi connectivity index (χ3n) is 7.27. The number of nitrogens with two attached hydrogens (primary N) is 1. The Morgan fingerprint density at radius 2 is 1.80 bits per heavy atom. The number of nitrogens with one attached hydrogen (secondary N) is 1. The summed E-state index contributed by atoms with van der Waals surface area (Å²) in [6.45, 7) is 4.33. The maximum atomic E-state index is 15.0. The number of aromatic nitrogens is 2. The summed E-state index contributed by atoms with van der Waals surface area (Å²) in [5.41, 5.74) is 10.2. The Kier molecular flexibility index (Phi) is 8.32. The molecule has 1 aliphatic rings.